The Bertz CT molecular complexity index is 1360. The van der Waals surface area contributed by atoms with Gasteiger partial charge in [0.1, 0.15) is 36.9 Å². The van der Waals surface area contributed by atoms with E-state index < -0.39 is 24.6 Å². The lowest BCUT2D eigenvalue weighted by atomic mass is 9.94. The number of halogens is 2. The van der Waals surface area contributed by atoms with Crippen LogP contribution in [-0.2, 0) is 9.47 Å². The average Bonchev–Trinajstić information content (AvgIpc) is 3.64. The summed E-state index contributed by atoms with van der Waals surface area (Å²) in [5, 5.41) is 41.2. The fourth-order valence-corrected chi connectivity index (χ4v) is 6.74. The molecule has 0 spiro atoms. The van der Waals surface area contributed by atoms with Gasteiger partial charge in [-0.3, -0.25) is 9.80 Å². The molecule has 3 aliphatic rings. The first kappa shape index (κ1) is 38.2. The number of methoxy groups -OCH3 is 1. The van der Waals surface area contributed by atoms with Crippen LogP contribution in [0.2, 0.25) is 10.0 Å². The molecule has 3 heterocycles. The normalized spacial score (nSPS) is 28.9. The van der Waals surface area contributed by atoms with Crippen molar-refractivity contribution in [2.24, 2.45) is 11.8 Å². The second kappa shape index (κ2) is 18.9. The third-order valence-corrected chi connectivity index (χ3v) is 9.22. The zero-order chi connectivity index (χ0) is 34.6. The van der Waals surface area contributed by atoms with E-state index in [2.05, 4.69) is 9.80 Å². The zero-order valence-electron chi connectivity index (χ0n) is 27.6. The largest absolute Gasteiger partial charge is 0.505 e. The number of rotatable bonds is 13. The Balaban J connectivity index is 0.000000217. The minimum absolute atomic E-state index is 0.0531. The second-order valence-corrected chi connectivity index (χ2v) is 13.3. The van der Waals surface area contributed by atoms with Crippen LogP contribution in [0.1, 0.15) is 12.8 Å². The van der Waals surface area contributed by atoms with E-state index in [-0.39, 0.29) is 43.2 Å². The Hall–Kier alpha value is -2.64. The summed E-state index contributed by atoms with van der Waals surface area (Å²) in [6.07, 6.45) is 9.85. The molecule has 0 amide bonds. The summed E-state index contributed by atoms with van der Waals surface area (Å²) < 4.78 is 21.5. The number of nitrogens with zero attached hydrogens (tertiary/aromatic N) is 2. The molecule has 264 valence electrons. The first-order chi connectivity index (χ1) is 23.0. The number of hydrogen-bond acceptors (Lipinski definition) is 10. The fraction of sp³-hybridized carbons (Fsp3) is 0.500. The van der Waals surface area contributed by atoms with E-state index in [9.17, 15) is 20.4 Å². The van der Waals surface area contributed by atoms with Crippen molar-refractivity contribution in [2.75, 3.05) is 47.5 Å². The Morgan fingerprint density at radius 3 is 2.00 bits per heavy atom. The summed E-state index contributed by atoms with van der Waals surface area (Å²) in [7, 11) is 5.59. The number of β-amino-alcohol motifs (C(OH)–C–C–N with tert-alkyl or cyclic N) is 1. The summed E-state index contributed by atoms with van der Waals surface area (Å²) in [6, 6.07) is 14.4. The van der Waals surface area contributed by atoms with Gasteiger partial charge in [0, 0.05) is 53.5 Å². The van der Waals surface area contributed by atoms with Gasteiger partial charge in [-0.1, -0.05) is 59.6 Å². The van der Waals surface area contributed by atoms with Crippen LogP contribution in [0.4, 0.5) is 0 Å². The van der Waals surface area contributed by atoms with Crippen LogP contribution in [0.3, 0.4) is 0 Å². The van der Waals surface area contributed by atoms with Gasteiger partial charge in [-0.25, -0.2) is 0 Å². The van der Waals surface area contributed by atoms with Gasteiger partial charge in [0.2, 0.25) is 0 Å². The van der Waals surface area contributed by atoms with Gasteiger partial charge in [-0.2, -0.15) is 0 Å². The number of fused-ring (bicyclic) bond motifs is 1. The van der Waals surface area contributed by atoms with Gasteiger partial charge in [-0.05, 0) is 63.0 Å². The number of benzene rings is 2. The molecule has 5 rings (SSSR count). The van der Waals surface area contributed by atoms with Gasteiger partial charge in [0.15, 0.2) is 6.29 Å². The molecule has 3 aliphatic heterocycles. The maximum absolute atomic E-state index is 10.2. The quantitative estimate of drug-likeness (QED) is 0.178. The number of hydrogen-bond donors (Lipinski definition) is 4. The summed E-state index contributed by atoms with van der Waals surface area (Å²) in [5.41, 5.74) is 0. The molecule has 3 fully saturated rings. The molecule has 2 aromatic carbocycles. The number of likely N-dealkylation sites (N-methyl/N-ethyl adjacent to an activating group) is 2. The van der Waals surface area contributed by atoms with Crippen LogP contribution in [0.25, 0.3) is 0 Å². The molecule has 2 aromatic rings. The molecule has 0 aromatic heterocycles. The van der Waals surface area contributed by atoms with E-state index in [4.69, 9.17) is 42.1 Å². The van der Waals surface area contributed by atoms with Crippen molar-refractivity contribution in [3.8, 4) is 11.5 Å². The smallest absolute Gasteiger partial charge is 0.155 e. The maximum Gasteiger partial charge on any atom is 0.155 e. The van der Waals surface area contributed by atoms with Crippen LogP contribution in [0, 0.1) is 11.8 Å². The third-order valence-electron chi connectivity index (χ3n) is 8.75. The number of allylic oxidation sites excluding steroid dienone is 1. The summed E-state index contributed by atoms with van der Waals surface area (Å²) >= 11 is 11.8. The zero-order valence-corrected chi connectivity index (χ0v) is 29.1. The molecule has 0 aliphatic carbocycles. The van der Waals surface area contributed by atoms with Gasteiger partial charge in [0.05, 0.1) is 25.6 Å². The Morgan fingerprint density at radius 2 is 1.44 bits per heavy atom. The molecule has 3 saturated heterocycles. The Kier molecular flexibility index (Phi) is 15.1. The predicted molar refractivity (Wildman–Crippen MR) is 186 cm³/mol. The van der Waals surface area contributed by atoms with E-state index in [1.165, 1.54) is 0 Å². The van der Waals surface area contributed by atoms with E-state index in [1.807, 2.05) is 32.3 Å². The molecule has 9 atom stereocenters. The maximum atomic E-state index is 10.2. The third kappa shape index (κ3) is 11.5. The van der Waals surface area contributed by atoms with Crippen LogP contribution in [0.5, 0.6) is 11.5 Å². The molecular formula is C36H48Cl2N2O8. The molecule has 10 nitrogen and oxygen atoms in total. The molecule has 12 heteroatoms. The average molecular weight is 708 g/mol. The molecule has 0 radical (unpaired) electrons. The highest BCUT2D eigenvalue weighted by Crippen LogP contribution is 2.36. The standard InChI is InChI=1S/C19H26ClNO4.C17H22ClNO4/c1-21-12-19(23)17(7-4-10-24-2)18(21)9-8-15(22)13-25-16-6-3-5-14(20)11-16;1-19-9-16-14(8-17(21)23-16)15(19)6-5-12(20)10-22-13-4-2-3-11(18)7-13/h3-6,8-11,15,17-19,22-23H,7,12-13H2,1-2H3;2-7,12,14-17,20-21H,8-10H2,1H3/b9-8+,10-4?;6-5+/t15?,17-,18-,19?;12-,14-,15-,16+,17?/m11/s1. The van der Waals surface area contributed by atoms with Crippen LogP contribution >= 0.6 is 23.2 Å². The number of ether oxygens (including phenoxy) is 4. The highest BCUT2D eigenvalue weighted by molar-refractivity contribution is 6.31. The highest BCUT2D eigenvalue weighted by atomic mass is 35.5. The van der Waals surface area contributed by atoms with Crippen molar-refractivity contribution in [3.05, 3.63) is 95.2 Å². The fourth-order valence-electron chi connectivity index (χ4n) is 6.38. The van der Waals surface area contributed by atoms with E-state index in [1.54, 1.807) is 74.1 Å². The number of aliphatic hydroxyl groups excluding tert-OH is 4. The van der Waals surface area contributed by atoms with Crippen molar-refractivity contribution in [1.82, 2.24) is 9.80 Å². The lowest BCUT2D eigenvalue weighted by molar-refractivity contribution is -0.0913. The Morgan fingerprint density at radius 1 is 0.875 bits per heavy atom. The monoisotopic (exact) mass is 706 g/mol. The second-order valence-electron chi connectivity index (χ2n) is 12.4. The first-order valence-corrected chi connectivity index (χ1v) is 16.9. The van der Waals surface area contributed by atoms with E-state index in [0.29, 0.717) is 40.9 Å². The molecule has 4 N–H and O–H groups in total. The number of likely N-dealkylation sites (tertiary alicyclic amines) is 2. The van der Waals surface area contributed by atoms with Crippen LogP contribution in [-0.4, -0.2) is 121 Å². The van der Waals surface area contributed by atoms with Crippen molar-refractivity contribution in [2.45, 2.75) is 55.6 Å². The Labute approximate surface area is 293 Å². The molecule has 0 bridgehead atoms. The van der Waals surface area contributed by atoms with Crippen LogP contribution < -0.4 is 9.47 Å². The van der Waals surface area contributed by atoms with E-state index >= 15 is 0 Å². The van der Waals surface area contributed by atoms with Crippen molar-refractivity contribution in [3.63, 3.8) is 0 Å². The van der Waals surface area contributed by atoms with Gasteiger partial charge < -0.3 is 39.4 Å². The molecule has 0 saturated carbocycles. The molecule has 3 unspecified atom stereocenters. The van der Waals surface area contributed by atoms with Gasteiger partial charge >= 0.3 is 0 Å². The van der Waals surface area contributed by atoms with Crippen molar-refractivity contribution < 1.29 is 39.4 Å². The summed E-state index contributed by atoms with van der Waals surface area (Å²) in [5.74, 6) is 1.59. The van der Waals surface area contributed by atoms with E-state index in [0.717, 1.165) is 6.54 Å². The summed E-state index contributed by atoms with van der Waals surface area (Å²) in [4.78, 5) is 4.26. The van der Waals surface area contributed by atoms with Crippen LogP contribution in [0.15, 0.2) is 85.2 Å². The topological polar surface area (TPSA) is 124 Å². The van der Waals surface area contributed by atoms with Gasteiger partial charge in [0.25, 0.3) is 0 Å². The predicted octanol–water partition coefficient (Wildman–Crippen LogP) is 4.15. The van der Waals surface area contributed by atoms with Crippen molar-refractivity contribution in [1.29, 1.82) is 0 Å². The lowest BCUT2D eigenvalue weighted by Gasteiger charge is -2.21. The minimum Gasteiger partial charge on any atom is -0.505 e. The number of aliphatic hydroxyl groups is 4. The highest BCUT2D eigenvalue weighted by Gasteiger charge is 2.45. The molecule has 48 heavy (non-hydrogen) atoms. The van der Waals surface area contributed by atoms with Crippen molar-refractivity contribution >= 4 is 23.2 Å². The minimum atomic E-state index is -0.736. The van der Waals surface area contributed by atoms with Gasteiger partial charge in [-0.15, -0.1) is 0 Å². The summed E-state index contributed by atoms with van der Waals surface area (Å²) in [6.45, 7) is 1.71. The SMILES string of the molecule is CN1C[C@@H]2OC(O)C[C@@H]2[C@H]1/C=C/[C@@H](O)COc1cccc(Cl)c1.COC=CC[C@H]1C(O)CN(C)[C@@H]1/C=C/C(O)COc1cccc(Cl)c1. The first-order valence-electron chi connectivity index (χ1n) is 16.1. The molecular weight excluding hydrogens is 659 g/mol. The lowest BCUT2D eigenvalue weighted by Crippen LogP contribution is -2.29.